The quantitative estimate of drug-likeness (QED) is 0.409. The fourth-order valence-corrected chi connectivity index (χ4v) is 5.40. The van der Waals surface area contributed by atoms with Crippen LogP contribution in [0, 0.1) is 5.92 Å². The number of fused-ring (bicyclic) bond motifs is 1. The number of carbonyl (C=O) groups excluding carboxylic acids is 1. The average Bonchev–Trinajstić information content (AvgIpc) is 2.74. The van der Waals surface area contributed by atoms with Crippen molar-refractivity contribution in [1.29, 1.82) is 0 Å². The minimum absolute atomic E-state index is 0.281. The number of piperidine rings is 1. The molecule has 0 radical (unpaired) electrons. The maximum atomic E-state index is 12.7. The molecule has 0 bridgehead atoms. The summed E-state index contributed by atoms with van der Waals surface area (Å²) in [6, 6.07) is 19.8. The molecule has 150 valence electrons. The molecule has 3 aromatic rings. The third-order valence-electron chi connectivity index (χ3n) is 5.16. The molecule has 29 heavy (non-hydrogen) atoms. The number of halogens is 1. The maximum Gasteiger partial charge on any atom is 0.314 e. The van der Waals surface area contributed by atoms with E-state index >= 15 is 0 Å². The van der Waals surface area contributed by atoms with Gasteiger partial charge in [-0.3, -0.25) is 4.79 Å². The van der Waals surface area contributed by atoms with E-state index in [9.17, 15) is 13.2 Å². The first kappa shape index (κ1) is 20.1. The first-order valence-electron chi connectivity index (χ1n) is 9.40. The number of rotatable bonds is 4. The van der Waals surface area contributed by atoms with Crippen LogP contribution in [0.4, 0.5) is 0 Å². The lowest BCUT2D eigenvalue weighted by atomic mass is 9.98. The van der Waals surface area contributed by atoms with E-state index in [2.05, 4.69) is 15.9 Å². The van der Waals surface area contributed by atoms with Gasteiger partial charge in [0.2, 0.25) is 10.0 Å². The highest BCUT2D eigenvalue weighted by Crippen LogP contribution is 2.27. The fraction of sp³-hybridized carbons (Fsp3) is 0.227. The molecule has 0 atom stereocenters. The normalized spacial score (nSPS) is 16.0. The number of ether oxygens (including phenoxy) is 1. The summed E-state index contributed by atoms with van der Waals surface area (Å²) in [6.45, 7) is 0.617. The summed E-state index contributed by atoms with van der Waals surface area (Å²) >= 11 is 3.44. The highest BCUT2D eigenvalue weighted by Gasteiger charge is 2.32. The molecule has 0 spiro atoms. The van der Waals surface area contributed by atoms with Crippen molar-refractivity contribution in [2.45, 2.75) is 17.7 Å². The van der Waals surface area contributed by atoms with E-state index in [1.54, 1.807) is 36.4 Å². The number of carbonyl (C=O) groups is 1. The van der Waals surface area contributed by atoms with Gasteiger partial charge in [-0.05, 0) is 60.0 Å². The van der Waals surface area contributed by atoms with E-state index in [0.717, 1.165) is 15.2 Å². The summed E-state index contributed by atoms with van der Waals surface area (Å²) in [6.07, 6.45) is 0.900. The third-order valence-corrected chi connectivity index (χ3v) is 7.57. The second-order valence-electron chi connectivity index (χ2n) is 7.07. The number of hydrogen-bond acceptors (Lipinski definition) is 4. The van der Waals surface area contributed by atoms with Gasteiger partial charge in [-0.15, -0.1) is 0 Å². The van der Waals surface area contributed by atoms with Gasteiger partial charge in [-0.2, -0.15) is 4.31 Å². The Kier molecular flexibility index (Phi) is 5.72. The predicted octanol–water partition coefficient (Wildman–Crippen LogP) is 4.61. The van der Waals surface area contributed by atoms with Crippen LogP contribution >= 0.6 is 15.9 Å². The van der Waals surface area contributed by atoms with E-state index in [1.165, 1.54) is 4.31 Å². The third kappa shape index (κ3) is 4.37. The number of esters is 1. The Morgan fingerprint density at radius 1 is 0.931 bits per heavy atom. The Balaban J connectivity index is 1.40. The second-order valence-corrected chi connectivity index (χ2v) is 9.92. The predicted molar refractivity (Wildman–Crippen MR) is 115 cm³/mol. The van der Waals surface area contributed by atoms with E-state index in [1.807, 2.05) is 30.3 Å². The Morgan fingerprint density at radius 2 is 1.59 bits per heavy atom. The lowest BCUT2D eigenvalue weighted by Crippen LogP contribution is -2.41. The summed E-state index contributed by atoms with van der Waals surface area (Å²) in [5.41, 5.74) is 0. The van der Waals surface area contributed by atoms with Gasteiger partial charge in [-0.1, -0.05) is 46.3 Å². The highest BCUT2D eigenvalue weighted by molar-refractivity contribution is 9.10. The lowest BCUT2D eigenvalue weighted by molar-refractivity contribution is -0.140. The molecule has 7 heteroatoms. The Hall–Kier alpha value is -2.22. The number of benzene rings is 3. The van der Waals surface area contributed by atoms with Gasteiger partial charge < -0.3 is 4.74 Å². The van der Waals surface area contributed by atoms with Gasteiger partial charge in [0.1, 0.15) is 5.75 Å². The molecular formula is C22H20BrNO4S. The average molecular weight is 474 g/mol. The van der Waals surface area contributed by atoms with Crippen molar-refractivity contribution in [3.63, 3.8) is 0 Å². The first-order chi connectivity index (χ1) is 13.9. The molecule has 3 aromatic carbocycles. The lowest BCUT2D eigenvalue weighted by Gasteiger charge is -2.30. The van der Waals surface area contributed by atoms with Crippen molar-refractivity contribution in [3.8, 4) is 5.75 Å². The van der Waals surface area contributed by atoms with Gasteiger partial charge >= 0.3 is 5.97 Å². The molecule has 0 amide bonds. The number of nitrogens with zero attached hydrogens (tertiary/aromatic N) is 1. The highest BCUT2D eigenvalue weighted by atomic mass is 79.9. The molecular weight excluding hydrogens is 454 g/mol. The summed E-state index contributed by atoms with van der Waals surface area (Å²) in [4.78, 5) is 12.9. The van der Waals surface area contributed by atoms with Crippen molar-refractivity contribution < 1.29 is 17.9 Å². The molecule has 0 N–H and O–H groups in total. The van der Waals surface area contributed by atoms with Crippen LogP contribution in [0.2, 0.25) is 0 Å². The molecule has 0 unspecified atom stereocenters. The van der Waals surface area contributed by atoms with Gasteiger partial charge in [0.25, 0.3) is 0 Å². The molecule has 0 saturated carbocycles. The summed E-state index contributed by atoms with van der Waals surface area (Å²) < 4.78 is 33.4. The summed E-state index contributed by atoms with van der Waals surface area (Å²) in [5, 5.41) is 2.04. The molecule has 4 rings (SSSR count). The van der Waals surface area contributed by atoms with Gasteiger partial charge in [0.05, 0.1) is 10.8 Å². The standard InChI is InChI=1S/C22H20BrNO4S/c23-19-8-6-18-15-20(9-7-17(18)14-19)28-22(25)16-10-12-24(13-11-16)29(26,27)21-4-2-1-3-5-21/h1-9,14-16H,10-13H2. The first-order valence-corrected chi connectivity index (χ1v) is 11.6. The van der Waals surface area contributed by atoms with E-state index in [-0.39, 0.29) is 16.8 Å². The minimum Gasteiger partial charge on any atom is -0.426 e. The van der Waals surface area contributed by atoms with Crippen LogP contribution in [0.5, 0.6) is 5.75 Å². The van der Waals surface area contributed by atoms with Crippen LogP contribution in [0.3, 0.4) is 0 Å². The zero-order chi connectivity index (χ0) is 20.4. The molecule has 5 nitrogen and oxygen atoms in total. The summed E-state index contributed by atoms with van der Waals surface area (Å²) in [5.74, 6) is -0.111. The van der Waals surface area contributed by atoms with E-state index in [4.69, 9.17) is 4.74 Å². The molecule has 1 fully saturated rings. The molecule has 1 aliphatic heterocycles. The van der Waals surface area contributed by atoms with Crippen molar-refractivity contribution in [3.05, 3.63) is 71.2 Å². The molecule has 1 aliphatic rings. The Morgan fingerprint density at radius 3 is 2.31 bits per heavy atom. The van der Waals surface area contributed by atoms with Gasteiger partial charge in [-0.25, -0.2) is 8.42 Å². The van der Waals surface area contributed by atoms with Crippen LogP contribution in [0.25, 0.3) is 10.8 Å². The van der Waals surface area contributed by atoms with E-state index in [0.29, 0.717) is 31.7 Å². The zero-order valence-electron chi connectivity index (χ0n) is 15.6. The zero-order valence-corrected chi connectivity index (χ0v) is 18.0. The molecule has 0 aromatic heterocycles. The topological polar surface area (TPSA) is 63.7 Å². The van der Waals surface area contributed by atoms with Crippen molar-refractivity contribution in [2.24, 2.45) is 5.92 Å². The van der Waals surface area contributed by atoms with E-state index < -0.39 is 10.0 Å². The minimum atomic E-state index is -3.52. The SMILES string of the molecule is O=C(Oc1ccc2cc(Br)ccc2c1)C1CCN(S(=O)(=O)c2ccccc2)CC1. The fourth-order valence-electron chi connectivity index (χ4n) is 3.53. The molecule has 0 aliphatic carbocycles. The van der Waals surface area contributed by atoms with Crippen LogP contribution < -0.4 is 4.74 Å². The van der Waals surface area contributed by atoms with Crippen molar-refractivity contribution >= 4 is 42.7 Å². The Labute approximate surface area is 178 Å². The van der Waals surface area contributed by atoms with Crippen LogP contribution in [0.1, 0.15) is 12.8 Å². The van der Waals surface area contributed by atoms with Gasteiger partial charge in [0, 0.05) is 17.6 Å². The second kappa shape index (κ2) is 8.26. The van der Waals surface area contributed by atoms with Crippen LogP contribution in [-0.4, -0.2) is 31.8 Å². The van der Waals surface area contributed by atoms with Crippen LogP contribution in [0.15, 0.2) is 76.1 Å². The smallest absolute Gasteiger partial charge is 0.314 e. The monoisotopic (exact) mass is 473 g/mol. The van der Waals surface area contributed by atoms with Crippen molar-refractivity contribution in [2.75, 3.05) is 13.1 Å². The van der Waals surface area contributed by atoms with Crippen LogP contribution in [-0.2, 0) is 14.8 Å². The number of sulfonamides is 1. The molecule has 1 heterocycles. The Bertz CT molecular complexity index is 1140. The molecule has 1 saturated heterocycles. The van der Waals surface area contributed by atoms with Crippen molar-refractivity contribution in [1.82, 2.24) is 4.31 Å². The number of hydrogen-bond donors (Lipinski definition) is 0. The summed E-state index contributed by atoms with van der Waals surface area (Å²) in [7, 11) is -3.52. The van der Waals surface area contributed by atoms with Gasteiger partial charge in [0.15, 0.2) is 0 Å². The largest absolute Gasteiger partial charge is 0.426 e. The maximum absolute atomic E-state index is 12.7.